The molecular weight excluding hydrogens is 244 g/mol. The van der Waals surface area contributed by atoms with E-state index in [2.05, 4.69) is 69.5 Å². The van der Waals surface area contributed by atoms with E-state index in [1.165, 1.54) is 17.5 Å². The first-order valence-electron chi connectivity index (χ1n) is 7.83. The fraction of sp³-hybridized carbons (Fsp3) is 0.667. The normalized spacial score (nSPS) is 20.4. The molecule has 1 atom stereocenters. The summed E-state index contributed by atoms with van der Waals surface area (Å²) in [6.07, 6.45) is 2.33. The van der Waals surface area contributed by atoms with Crippen molar-refractivity contribution >= 4 is 0 Å². The summed E-state index contributed by atoms with van der Waals surface area (Å²) >= 11 is 0. The standard InChI is InChI=1S/C18H30N2/c1-17(2,3)13-18(4,5)20-16-10-11-19-12-14-8-6-7-9-15(14)16/h6-9,16,19-20H,10-13H2,1-5H3. The third-order valence-electron chi connectivity index (χ3n) is 3.89. The second-order valence-electron chi connectivity index (χ2n) is 7.98. The molecule has 2 heteroatoms. The van der Waals surface area contributed by atoms with Gasteiger partial charge >= 0.3 is 0 Å². The summed E-state index contributed by atoms with van der Waals surface area (Å²) < 4.78 is 0. The molecule has 1 unspecified atom stereocenters. The smallest absolute Gasteiger partial charge is 0.0340 e. The predicted molar refractivity (Wildman–Crippen MR) is 86.8 cm³/mol. The first kappa shape index (κ1) is 15.5. The van der Waals surface area contributed by atoms with Crippen molar-refractivity contribution < 1.29 is 0 Å². The Bertz CT molecular complexity index is 443. The Morgan fingerprint density at radius 1 is 1.15 bits per heavy atom. The molecule has 0 aliphatic carbocycles. The van der Waals surface area contributed by atoms with E-state index in [4.69, 9.17) is 0 Å². The zero-order valence-corrected chi connectivity index (χ0v) is 13.7. The van der Waals surface area contributed by atoms with E-state index in [0.717, 1.165) is 19.5 Å². The van der Waals surface area contributed by atoms with Gasteiger partial charge in [-0.05, 0) is 49.8 Å². The molecule has 0 aromatic heterocycles. The largest absolute Gasteiger partial charge is 0.313 e. The van der Waals surface area contributed by atoms with Crippen LogP contribution in [0.1, 0.15) is 64.6 Å². The van der Waals surface area contributed by atoms with Crippen LogP contribution < -0.4 is 10.6 Å². The van der Waals surface area contributed by atoms with Crippen molar-refractivity contribution in [1.82, 2.24) is 10.6 Å². The first-order valence-corrected chi connectivity index (χ1v) is 7.83. The molecule has 0 radical (unpaired) electrons. The summed E-state index contributed by atoms with van der Waals surface area (Å²) in [4.78, 5) is 0. The zero-order valence-electron chi connectivity index (χ0n) is 13.7. The lowest BCUT2D eigenvalue weighted by Crippen LogP contribution is -2.44. The van der Waals surface area contributed by atoms with E-state index in [1.807, 2.05) is 0 Å². The van der Waals surface area contributed by atoms with Crippen molar-refractivity contribution in [2.75, 3.05) is 6.54 Å². The quantitative estimate of drug-likeness (QED) is 0.869. The Hall–Kier alpha value is -0.860. The minimum atomic E-state index is 0.153. The lowest BCUT2D eigenvalue weighted by Gasteiger charge is -2.37. The van der Waals surface area contributed by atoms with Gasteiger partial charge in [0.2, 0.25) is 0 Å². The molecule has 20 heavy (non-hydrogen) atoms. The van der Waals surface area contributed by atoms with Crippen molar-refractivity contribution in [2.24, 2.45) is 5.41 Å². The van der Waals surface area contributed by atoms with Gasteiger partial charge in [0.05, 0.1) is 0 Å². The van der Waals surface area contributed by atoms with Crippen LogP contribution >= 0.6 is 0 Å². The van der Waals surface area contributed by atoms with Crippen LogP contribution in [0.4, 0.5) is 0 Å². The van der Waals surface area contributed by atoms with Gasteiger partial charge in [0.1, 0.15) is 0 Å². The highest BCUT2D eigenvalue weighted by Crippen LogP contribution is 2.31. The molecule has 112 valence electrons. The van der Waals surface area contributed by atoms with Crippen molar-refractivity contribution in [1.29, 1.82) is 0 Å². The van der Waals surface area contributed by atoms with E-state index in [9.17, 15) is 0 Å². The van der Waals surface area contributed by atoms with Crippen molar-refractivity contribution in [3.05, 3.63) is 35.4 Å². The monoisotopic (exact) mass is 274 g/mol. The third kappa shape index (κ3) is 4.32. The van der Waals surface area contributed by atoms with E-state index in [-0.39, 0.29) is 5.54 Å². The number of hydrogen-bond donors (Lipinski definition) is 2. The van der Waals surface area contributed by atoms with Gasteiger partial charge in [-0.1, -0.05) is 45.0 Å². The summed E-state index contributed by atoms with van der Waals surface area (Å²) in [6, 6.07) is 9.30. The van der Waals surface area contributed by atoms with E-state index in [0.29, 0.717) is 11.5 Å². The van der Waals surface area contributed by atoms with Gasteiger partial charge in [-0.2, -0.15) is 0 Å². The average molecular weight is 274 g/mol. The van der Waals surface area contributed by atoms with Gasteiger partial charge in [0, 0.05) is 18.1 Å². The molecule has 1 aromatic carbocycles. The summed E-state index contributed by atoms with van der Waals surface area (Å²) in [5, 5.41) is 7.44. The Morgan fingerprint density at radius 3 is 2.55 bits per heavy atom. The lowest BCUT2D eigenvalue weighted by molar-refractivity contribution is 0.219. The van der Waals surface area contributed by atoms with E-state index < -0.39 is 0 Å². The Kier molecular flexibility index (Phi) is 4.55. The fourth-order valence-electron chi connectivity index (χ4n) is 3.66. The Labute approximate surface area is 124 Å². The minimum Gasteiger partial charge on any atom is -0.313 e. The summed E-state index contributed by atoms with van der Waals surface area (Å²) in [7, 11) is 0. The first-order chi connectivity index (χ1) is 9.27. The molecule has 1 aliphatic heterocycles. The molecule has 2 N–H and O–H groups in total. The van der Waals surface area contributed by atoms with Crippen LogP contribution in [-0.4, -0.2) is 12.1 Å². The minimum absolute atomic E-state index is 0.153. The maximum Gasteiger partial charge on any atom is 0.0340 e. The van der Waals surface area contributed by atoms with Gasteiger partial charge in [-0.25, -0.2) is 0 Å². The van der Waals surface area contributed by atoms with Gasteiger partial charge < -0.3 is 10.6 Å². The van der Waals surface area contributed by atoms with Crippen LogP contribution in [0.2, 0.25) is 0 Å². The van der Waals surface area contributed by atoms with Gasteiger partial charge in [-0.3, -0.25) is 0 Å². The molecule has 2 nitrogen and oxygen atoms in total. The number of hydrogen-bond acceptors (Lipinski definition) is 2. The topological polar surface area (TPSA) is 24.1 Å². The molecule has 0 fully saturated rings. The molecular formula is C18H30N2. The van der Waals surface area contributed by atoms with Crippen LogP contribution in [-0.2, 0) is 6.54 Å². The Balaban J connectivity index is 2.16. The lowest BCUT2D eigenvalue weighted by atomic mass is 9.81. The maximum absolute atomic E-state index is 3.91. The molecule has 1 aliphatic rings. The molecule has 0 amide bonds. The van der Waals surface area contributed by atoms with Crippen molar-refractivity contribution in [2.45, 2.75) is 65.6 Å². The van der Waals surface area contributed by atoms with Crippen LogP contribution in [0, 0.1) is 5.41 Å². The summed E-state index contributed by atoms with van der Waals surface area (Å²) in [5.41, 5.74) is 3.41. The molecule has 0 saturated heterocycles. The molecule has 0 bridgehead atoms. The van der Waals surface area contributed by atoms with Crippen molar-refractivity contribution in [3.63, 3.8) is 0 Å². The molecule has 2 rings (SSSR count). The highest BCUT2D eigenvalue weighted by atomic mass is 15.0. The van der Waals surface area contributed by atoms with E-state index >= 15 is 0 Å². The van der Waals surface area contributed by atoms with Gasteiger partial charge in [-0.15, -0.1) is 0 Å². The number of fused-ring (bicyclic) bond motifs is 1. The van der Waals surface area contributed by atoms with E-state index in [1.54, 1.807) is 0 Å². The highest BCUT2D eigenvalue weighted by molar-refractivity contribution is 5.31. The fourth-order valence-corrected chi connectivity index (χ4v) is 3.66. The third-order valence-corrected chi connectivity index (χ3v) is 3.89. The number of rotatable bonds is 3. The SMILES string of the molecule is CC(C)(C)CC(C)(C)NC1CCNCc2ccccc21. The molecule has 1 heterocycles. The molecule has 1 aromatic rings. The maximum atomic E-state index is 3.91. The number of nitrogens with one attached hydrogen (secondary N) is 2. The summed E-state index contributed by atoms with van der Waals surface area (Å²) in [6.45, 7) is 13.7. The summed E-state index contributed by atoms with van der Waals surface area (Å²) in [5.74, 6) is 0. The number of benzene rings is 1. The van der Waals surface area contributed by atoms with Gasteiger partial charge in [0.25, 0.3) is 0 Å². The average Bonchev–Trinajstić information content (AvgIpc) is 2.48. The van der Waals surface area contributed by atoms with Gasteiger partial charge in [0.15, 0.2) is 0 Å². The second kappa shape index (κ2) is 5.87. The zero-order chi connectivity index (χ0) is 14.8. The van der Waals surface area contributed by atoms with Crippen LogP contribution in [0.15, 0.2) is 24.3 Å². The second-order valence-corrected chi connectivity index (χ2v) is 7.98. The molecule has 0 saturated carbocycles. The Morgan fingerprint density at radius 2 is 1.85 bits per heavy atom. The predicted octanol–water partition coefficient (Wildman–Crippen LogP) is 4.03. The van der Waals surface area contributed by atoms with Crippen LogP contribution in [0.3, 0.4) is 0 Å². The van der Waals surface area contributed by atoms with Crippen molar-refractivity contribution in [3.8, 4) is 0 Å². The molecule has 0 spiro atoms. The van der Waals surface area contributed by atoms with Crippen LogP contribution in [0.5, 0.6) is 0 Å². The van der Waals surface area contributed by atoms with Crippen LogP contribution in [0.25, 0.3) is 0 Å². The highest BCUT2D eigenvalue weighted by Gasteiger charge is 2.29.